The van der Waals surface area contributed by atoms with Gasteiger partial charge in [-0.2, -0.15) is 5.10 Å². The molecule has 9 nitrogen and oxygen atoms in total. The molecule has 0 radical (unpaired) electrons. The number of methoxy groups -OCH3 is 1. The zero-order valence-electron chi connectivity index (χ0n) is 21.4. The Hall–Kier alpha value is -3.66. The lowest BCUT2D eigenvalue weighted by Crippen LogP contribution is -2.56. The molecule has 0 saturated heterocycles. The van der Waals surface area contributed by atoms with Crippen LogP contribution in [0, 0.1) is 6.92 Å². The number of amides is 1. The summed E-state index contributed by atoms with van der Waals surface area (Å²) in [4.78, 5) is 41.4. The molecule has 0 aliphatic rings. The summed E-state index contributed by atoms with van der Waals surface area (Å²) >= 11 is 1.34. The SMILES string of the molecule is COc1ccccc1CCn1c(=O)n(C(C)(C)C(=O)NC(C)C)c(=O)c2c(C)c(-n3cccn3)sc21. The van der Waals surface area contributed by atoms with E-state index in [1.54, 1.807) is 48.7 Å². The fourth-order valence-electron chi connectivity index (χ4n) is 4.31. The van der Waals surface area contributed by atoms with E-state index in [9.17, 15) is 14.4 Å². The van der Waals surface area contributed by atoms with Crippen molar-refractivity contribution in [3.05, 3.63) is 74.7 Å². The largest absolute Gasteiger partial charge is 0.496 e. The molecule has 4 aromatic rings. The standard InChI is InChI=1S/C26H31N5O4S/c1-16(2)28-24(33)26(4,5)31-21(32)20-17(3)22(30-14-9-13-27-30)36-23(20)29(25(31)34)15-12-18-10-7-8-11-19(18)35-6/h7-11,13-14,16H,12,15H2,1-6H3,(H,28,33). The number of fused-ring (bicyclic) bond motifs is 1. The maximum atomic E-state index is 13.9. The Balaban J connectivity index is 1.97. The fourth-order valence-corrected chi connectivity index (χ4v) is 5.58. The fraction of sp³-hybridized carbons (Fsp3) is 0.385. The summed E-state index contributed by atoms with van der Waals surface area (Å²) in [6, 6.07) is 9.29. The number of hydrogen-bond donors (Lipinski definition) is 1. The minimum absolute atomic E-state index is 0.140. The number of aryl methyl sites for hydroxylation is 3. The molecule has 0 bridgehead atoms. The molecular weight excluding hydrogens is 478 g/mol. The molecule has 0 atom stereocenters. The van der Waals surface area contributed by atoms with Crippen LogP contribution in [-0.2, 0) is 23.3 Å². The Kier molecular flexibility index (Phi) is 6.90. The molecule has 1 N–H and O–H groups in total. The topological polar surface area (TPSA) is 100 Å². The predicted molar refractivity (Wildman–Crippen MR) is 142 cm³/mol. The summed E-state index contributed by atoms with van der Waals surface area (Å²) in [6.45, 7) is 9.02. The second-order valence-corrected chi connectivity index (χ2v) is 10.5. The molecule has 3 aromatic heterocycles. The number of nitrogens with zero attached hydrogens (tertiary/aromatic N) is 4. The van der Waals surface area contributed by atoms with Crippen LogP contribution in [0.1, 0.15) is 38.8 Å². The van der Waals surface area contributed by atoms with Crippen molar-refractivity contribution >= 4 is 27.5 Å². The highest BCUT2D eigenvalue weighted by Crippen LogP contribution is 2.31. The Labute approximate surface area is 212 Å². The number of benzene rings is 1. The van der Waals surface area contributed by atoms with E-state index in [0.717, 1.165) is 20.9 Å². The third-order valence-corrected chi connectivity index (χ3v) is 7.54. The lowest BCUT2D eigenvalue weighted by atomic mass is 10.0. The Morgan fingerprint density at radius 3 is 2.56 bits per heavy atom. The van der Waals surface area contributed by atoms with Gasteiger partial charge < -0.3 is 10.1 Å². The van der Waals surface area contributed by atoms with Crippen molar-refractivity contribution < 1.29 is 9.53 Å². The van der Waals surface area contributed by atoms with E-state index in [0.29, 0.717) is 28.7 Å². The quantitative estimate of drug-likeness (QED) is 0.393. The summed E-state index contributed by atoms with van der Waals surface area (Å²) in [5.74, 6) is 0.332. The maximum Gasteiger partial charge on any atom is 0.333 e. The number of ether oxygens (including phenoxy) is 1. The molecule has 0 unspecified atom stereocenters. The van der Waals surface area contributed by atoms with Crippen LogP contribution in [0.4, 0.5) is 0 Å². The van der Waals surface area contributed by atoms with Crippen molar-refractivity contribution in [1.82, 2.24) is 24.2 Å². The van der Waals surface area contributed by atoms with Crippen LogP contribution in [-0.4, -0.2) is 38.0 Å². The van der Waals surface area contributed by atoms with Gasteiger partial charge in [0.15, 0.2) is 0 Å². The average molecular weight is 510 g/mol. The van der Waals surface area contributed by atoms with Crippen molar-refractivity contribution in [1.29, 1.82) is 0 Å². The lowest BCUT2D eigenvalue weighted by Gasteiger charge is -2.27. The molecule has 0 aliphatic carbocycles. The minimum atomic E-state index is -1.40. The zero-order chi connectivity index (χ0) is 26.2. The summed E-state index contributed by atoms with van der Waals surface area (Å²) in [5.41, 5.74) is -0.767. The van der Waals surface area contributed by atoms with Crippen LogP contribution in [0.2, 0.25) is 0 Å². The number of aromatic nitrogens is 4. The molecular formula is C26H31N5O4S. The smallest absolute Gasteiger partial charge is 0.333 e. The first-order valence-electron chi connectivity index (χ1n) is 11.8. The second-order valence-electron chi connectivity index (χ2n) is 9.49. The van der Waals surface area contributed by atoms with E-state index in [-0.39, 0.29) is 6.04 Å². The number of carbonyl (C=O) groups is 1. The average Bonchev–Trinajstić information content (AvgIpc) is 3.46. The van der Waals surface area contributed by atoms with E-state index in [4.69, 9.17) is 4.74 Å². The molecule has 0 aliphatic heterocycles. The Morgan fingerprint density at radius 1 is 1.19 bits per heavy atom. The molecule has 1 amide bonds. The van der Waals surface area contributed by atoms with Gasteiger partial charge in [-0.05, 0) is 58.7 Å². The first-order valence-corrected chi connectivity index (χ1v) is 12.6. The monoisotopic (exact) mass is 509 g/mol. The van der Waals surface area contributed by atoms with Gasteiger partial charge in [0, 0.05) is 30.5 Å². The van der Waals surface area contributed by atoms with Gasteiger partial charge >= 0.3 is 5.69 Å². The van der Waals surface area contributed by atoms with Gasteiger partial charge in [-0.3, -0.25) is 14.2 Å². The molecule has 4 rings (SSSR count). The molecule has 10 heteroatoms. The van der Waals surface area contributed by atoms with Crippen LogP contribution in [0.25, 0.3) is 15.2 Å². The summed E-state index contributed by atoms with van der Waals surface area (Å²) in [5, 5.41) is 8.33. The summed E-state index contributed by atoms with van der Waals surface area (Å²) in [7, 11) is 1.61. The highest BCUT2D eigenvalue weighted by atomic mass is 32.1. The third-order valence-electron chi connectivity index (χ3n) is 6.23. The van der Waals surface area contributed by atoms with Crippen molar-refractivity contribution in [2.24, 2.45) is 0 Å². The van der Waals surface area contributed by atoms with E-state index < -0.39 is 22.7 Å². The first-order chi connectivity index (χ1) is 17.1. The van der Waals surface area contributed by atoms with E-state index in [2.05, 4.69) is 10.4 Å². The second kappa shape index (κ2) is 9.77. The molecule has 0 saturated carbocycles. The molecule has 36 heavy (non-hydrogen) atoms. The number of para-hydroxylation sites is 1. The zero-order valence-corrected chi connectivity index (χ0v) is 22.2. The van der Waals surface area contributed by atoms with Gasteiger partial charge in [0.1, 0.15) is 21.1 Å². The van der Waals surface area contributed by atoms with Crippen molar-refractivity contribution in [3.8, 4) is 10.8 Å². The highest BCUT2D eigenvalue weighted by molar-refractivity contribution is 7.21. The van der Waals surface area contributed by atoms with Crippen LogP contribution < -0.4 is 21.3 Å². The molecule has 0 fully saturated rings. The number of nitrogens with one attached hydrogen (secondary N) is 1. The Morgan fingerprint density at radius 2 is 1.92 bits per heavy atom. The van der Waals surface area contributed by atoms with E-state index >= 15 is 0 Å². The normalized spacial score (nSPS) is 11.9. The lowest BCUT2D eigenvalue weighted by molar-refractivity contribution is -0.129. The van der Waals surface area contributed by atoms with Crippen molar-refractivity contribution in [3.63, 3.8) is 0 Å². The van der Waals surface area contributed by atoms with Crippen molar-refractivity contribution in [2.45, 2.75) is 59.2 Å². The van der Waals surface area contributed by atoms with Gasteiger partial charge in [0.2, 0.25) is 5.91 Å². The summed E-state index contributed by atoms with van der Waals surface area (Å²) in [6.07, 6.45) is 3.97. The van der Waals surface area contributed by atoms with Crippen molar-refractivity contribution in [2.75, 3.05) is 7.11 Å². The third kappa shape index (κ3) is 4.37. The van der Waals surface area contributed by atoms with Crippen LogP contribution in [0.5, 0.6) is 5.75 Å². The highest BCUT2D eigenvalue weighted by Gasteiger charge is 2.35. The van der Waals surface area contributed by atoms with Crippen LogP contribution in [0.3, 0.4) is 0 Å². The molecule has 1 aromatic carbocycles. The van der Waals surface area contributed by atoms with Gasteiger partial charge in [-0.15, -0.1) is 0 Å². The van der Waals surface area contributed by atoms with Gasteiger partial charge in [-0.25, -0.2) is 14.0 Å². The molecule has 190 valence electrons. The summed E-state index contributed by atoms with van der Waals surface area (Å²) < 4.78 is 9.86. The first kappa shape index (κ1) is 25.4. The maximum absolute atomic E-state index is 13.9. The number of hydrogen-bond acceptors (Lipinski definition) is 6. The van der Waals surface area contributed by atoms with E-state index in [1.807, 2.05) is 45.0 Å². The van der Waals surface area contributed by atoms with Gasteiger partial charge in [0.05, 0.1) is 12.5 Å². The van der Waals surface area contributed by atoms with E-state index in [1.165, 1.54) is 11.3 Å². The van der Waals surface area contributed by atoms with Crippen LogP contribution in [0.15, 0.2) is 52.3 Å². The predicted octanol–water partition coefficient (Wildman–Crippen LogP) is 3.23. The number of thiophene rings is 1. The van der Waals surface area contributed by atoms with Gasteiger partial charge in [-0.1, -0.05) is 29.5 Å². The minimum Gasteiger partial charge on any atom is -0.496 e. The molecule has 3 heterocycles. The number of rotatable bonds is 8. The molecule has 0 spiro atoms. The van der Waals surface area contributed by atoms with Crippen LogP contribution >= 0.6 is 11.3 Å². The van der Waals surface area contributed by atoms with Gasteiger partial charge in [0.25, 0.3) is 5.56 Å². The number of carbonyl (C=O) groups excluding carboxylic acids is 1. The Bertz CT molecular complexity index is 1530.